The maximum absolute atomic E-state index is 13.6. The minimum absolute atomic E-state index is 0.000220. The summed E-state index contributed by atoms with van der Waals surface area (Å²) in [6.45, 7) is 3.60. The molecular weight excluding hydrogens is 1240 g/mol. The number of nitrogens with two attached hydrogens (primary N) is 1. The van der Waals surface area contributed by atoms with Crippen LogP contribution in [0.4, 0.5) is 15.3 Å². The summed E-state index contributed by atoms with van der Waals surface area (Å²) in [5, 5.41) is 3.57. The van der Waals surface area contributed by atoms with Crippen molar-refractivity contribution in [2.45, 2.75) is 93.7 Å². The molecule has 4 aliphatic heterocycles. The molecule has 0 saturated carbocycles. The van der Waals surface area contributed by atoms with Crippen molar-refractivity contribution in [1.29, 1.82) is 0 Å². The number of amides is 3. The number of nitrogens with one attached hydrogen (secondary N) is 1. The first-order chi connectivity index (χ1) is 39.7. The number of halogens is 4. The van der Waals surface area contributed by atoms with Crippen molar-refractivity contribution in [2.75, 3.05) is 38.6 Å². The summed E-state index contributed by atoms with van der Waals surface area (Å²) in [5.74, 6) is 1.38. The number of aryl methyl sites for hydroxylation is 1. The number of likely N-dealkylation sites (tertiary alicyclic amines) is 2. The van der Waals surface area contributed by atoms with E-state index in [-0.39, 0.29) is 46.6 Å². The summed E-state index contributed by atoms with van der Waals surface area (Å²) < 4.78 is 29.2. The van der Waals surface area contributed by atoms with Crippen LogP contribution in [0.2, 0.25) is 0 Å². The first-order valence-corrected chi connectivity index (χ1v) is 31.7. The molecule has 426 valence electrons. The largest absolute Gasteiger partial charge is 0.448 e. The number of anilines is 1. The predicted octanol–water partition coefficient (Wildman–Crippen LogP) is 13.0. The van der Waals surface area contributed by atoms with Gasteiger partial charge in [0.15, 0.2) is 5.75 Å². The molecule has 20 heteroatoms. The fourth-order valence-corrected chi connectivity index (χ4v) is 13.7. The van der Waals surface area contributed by atoms with Gasteiger partial charge in [-0.3, -0.25) is 19.0 Å². The second-order valence-electron chi connectivity index (χ2n) is 21.1. The minimum Gasteiger partial charge on any atom is -0.448 e. The van der Waals surface area contributed by atoms with Crippen LogP contribution < -0.4 is 21.3 Å². The third kappa shape index (κ3) is 12.5. The zero-order valence-electron chi connectivity index (χ0n) is 44.7. The Morgan fingerprint density at radius 1 is 0.659 bits per heavy atom. The lowest BCUT2D eigenvalue weighted by Gasteiger charge is -2.37. The number of aromatic nitrogens is 2. The Morgan fingerprint density at radius 3 is 1.65 bits per heavy atom. The van der Waals surface area contributed by atoms with Gasteiger partial charge in [-0.15, -0.1) is 0 Å². The Hall–Kier alpha value is -6.57. The molecule has 5 heterocycles. The molecule has 0 bridgehead atoms. The molecule has 15 nitrogen and oxygen atoms in total. The SMILES string of the molecule is Nc1cc(Br)ccc1OC=O.O=C(OCC1c2ccccc2-c2ccccc21)N1CCCC12CCc1nc3cc(Br)ccc3c(=O)n1CC2.O=C1CCC2(CCCN2C(=O)OCC2c3ccccc3-c3ccccc32)CCN1.O=S(Cl)Cl. The summed E-state index contributed by atoms with van der Waals surface area (Å²) in [7, 11) is 7.36. The number of carbonyl (C=O) groups excluding carboxylic acids is 4. The third-order valence-corrected chi connectivity index (χ3v) is 17.8. The van der Waals surface area contributed by atoms with Crippen LogP contribution >= 0.6 is 53.2 Å². The minimum atomic E-state index is -1.67. The highest BCUT2D eigenvalue weighted by atomic mass is 79.9. The van der Waals surface area contributed by atoms with Gasteiger partial charge >= 0.3 is 12.2 Å². The van der Waals surface area contributed by atoms with E-state index in [1.54, 1.807) is 18.2 Å². The molecule has 3 fully saturated rings. The number of nitrogen functional groups attached to an aromatic ring is 1. The second-order valence-corrected chi connectivity index (χ2v) is 25.5. The summed E-state index contributed by atoms with van der Waals surface area (Å²) in [6.07, 6.45) is 7.48. The Balaban J connectivity index is 0.000000150. The number of hydrogen-bond acceptors (Lipinski definition) is 11. The molecule has 82 heavy (non-hydrogen) atoms. The van der Waals surface area contributed by atoms with Gasteiger partial charge in [-0.1, -0.05) is 129 Å². The van der Waals surface area contributed by atoms with Gasteiger partial charge in [-0.25, -0.2) is 18.8 Å². The van der Waals surface area contributed by atoms with Crippen molar-refractivity contribution in [2.24, 2.45) is 0 Å². The normalized spacial score (nSPS) is 19.4. The molecule has 7 aromatic rings. The van der Waals surface area contributed by atoms with Crippen LogP contribution in [-0.4, -0.2) is 92.1 Å². The maximum Gasteiger partial charge on any atom is 0.410 e. The lowest BCUT2D eigenvalue weighted by atomic mass is 9.87. The summed E-state index contributed by atoms with van der Waals surface area (Å²) in [4.78, 5) is 70.4. The number of ether oxygens (including phenoxy) is 3. The van der Waals surface area contributed by atoms with Crippen molar-refractivity contribution in [3.8, 4) is 28.0 Å². The summed E-state index contributed by atoms with van der Waals surface area (Å²) >= 11 is 6.71. The molecule has 3 saturated heterocycles. The van der Waals surface area contributed by atoms with E-state index in [4.69, 9.17) is 24.4 Å². The lowest BCUT2D eigenvalue weighted by molar-refractivity contribution is -0.121. The zero-order valence-corrected chi connectivity index (χ0v) is 50.2. The van der Waals surface area contributed by atoms with Crippen molar-refractivity contribution in [1.82, 2.24) is 24.7 Å². The Labute approximate surface area is 503 Å². The van der Waals surface area contributed by atoms with E-state index in [9.17, 15) is 24.0 Å². The van der Waals surface area contributed by atoms with Crippen molar-refractivity contribution in [3.05, 3.63) is 181 Å². The number of fused-ring (bicyclic) bond motifs is 8. The first kappa shape index (κ1) is 58.6. The first-order valence-electron chi connectivity index (χ1n) is 27.3. The van der Waals surface area contributed by atoms with Crippen molar-refractivity contribution >= 4 is 104 Å². The van der Waals surface area contributed by atoms with E-state index < -0.39 is 9.23 Å². The van der Waals surface area contributed by atoms with Crippen LogP contribution in [-0.2, 0) is 41.3 Å². The van der Waals surface area contributed by atoms with E-state index in [0.717, 1.165) is 66.1 Å². The van der Waals surface area contributed by atoms with Crippen LogP contribution in [0.25, 0.3) is 33.2 Å². The quantitative estimate of drug-likeness (QED) is 0.0914. The summed E-state index contributed by atoms with van der Waals surface area (Å²) in [5.41, 5.74) is 15.9. The zero-order chi connectivity index (χ0) is 57.5. The molecule has 2 aliphatic carbocycles. The molecule has 3 N–H and O–H groups in total. The molecule has 6 aromatic carbocycles. The Bertz CT molecular complexity index is 3550. The van der Waals surface area contributed by atoms with Crippen molar-refractivity contribution < 1.29 is 37.6 Å². The number of rotatable bonds is 6. The number of nitrogens with zero attached hydrogens (tertiary/aromatic N) is 4. The molecule has 0 radical (unpaired) electrons. The van der Waals surface area contributed by atoms with E-state index in [2.05, 4.69) is 148 Å². The van der Waals surface area contributed by atoms with Crippen LogP contribution in [0, 0.1) is 0 Å². The van der Waals surface area contributed by atoms with Crippen molar-refractivity contribution in [3.63, 3.8) is 0 Å². The smallest absolute Gasteiger partial charge is 0.410 e. The van der Waals surface area contributed by atoms with Crippen LogP contribution in [0.5, 0.6) is 5.75 Å². The molecule has 3 amide bonds. The average molecular weight is 1300 g/mol. The van der Waals surface area contributed by atoms with E-state index in [1.807, 2.05) is 44.7 Å². The van der Waals surface area contributed by atoms with Gasteiger partial charge in [-0.05, 0) is 132 Å². The molecule has 6 aliphatic rings. The third-order valence-electron chi connectivity index (χ3n) is 16.8. The maximum atomic E-state index is 13.6. The van der Waals surface area contributed by atoms with Crippen LogP contribution in [0.3, 0.4) is 0 Å². The van der Waals surface area contributed by atoms with Gasteiger partial charge in [0.05, 0.1) is 16.6 Å². The molecular formula is C62H60Br2Cl2N6O9S. The number of carbonyl (C=O) groups is 4. The van der Waals surface area contributed by atoms with Gasteiger partial charge in [0.2, 0.25) is 15.1 Å². The van der Waals surface area contributed by atoms with Gasteiger partial charge in [0.25, 0.3) is 12.0 Å². The van der Waals surface area contributed by atoms with Gasteiger partial charge in [0.1, 0.15) is 19.0 Å². The monoisotopic (exact) mass is 1290 g/mol. The Kier molecular flexibility index (Phi) is 18.5. The number of hydrogen-bond donors (Lipinski definition) is 2. The van der Waals surface area contributed by atoms with E-state index in [0.29, 0.717) is 81.0 Å². The predicted molar refractivity (Wildman–Crippen MR) is 326 cm³/mol. The van der Waals surface area contributed by atoms with Crippen LogP contribution in [0.15, 0.2) is 147 Å². The van der Waals surface area contributed by atoms with Gasteiger partial charge < -0.3 is 35.1 Å². The average Bonchev–Trinajstić information content (AvgIpc) is 4.30. The van der Waals surface area contributed by atoms with Crippen LogP contribution in [0.1, 0.15) is 97.7 Å². The molecule has 2 spiro atoms. The van der Waals surface area contributed by atoms with E-state index >= 15 is 0 Å². The highest BCUT2D eigenvalue weighted by Gasteiger charge is 2.47. The highest BCUT2D eigenvalue weighted by molar-refractivity contribution is 9.10. The molecule has 13 rings (SSSR count). The fourth-order valence-electron chi connectivity index (χ4n) is 13.0. The topological polar surface area (TPSA) is 192 Å². The lowest BCUT2D eigenvalue weighted by Crippen LogP contribution is -2.48. The van der Waals surface area contributed by atoms with E-state index in [1.165, 1.54) is 44.5 Å². The molecule has 1 aromatic heterocycles. The Morgan fingerprint density at radius 2 is 1.13 bits per heavy atom. The van der Waals surface area contributed by atoms with Gasteiger partial charge in [-0.2, -0.15) is 0 Å². The summed E-state index contributed by atoms with van der Waals surface area (Å²) in [6, 6.07) is 44.2. The molecule has 2 atom stereocenters. The number of benzene rings is 6. The standard InChI is InChI=1S/C31H28BrN3O3.C24H26N2O3.C7H6BrNO2.Cl2OS/c32-20-10-11-25-27(18-20)33-28-12-14-31(15-17-34(28)29(25)36)13-5-16-35(31)30(37)38-19-26-23-8-3-1-6-21(23)22-7-2-4-9-24(22)26;27-22-10-12-24(13-14-25-22)11-5-15-26(24)23(28)29-16-21-19-8-3-1-6-17(19)18-7-2-4-9-20(18)21;8-5-1-2-7(11-4-10)6(9)3-5;1-4(2)3/h1-4,6-11,18,26H,5,12-17,19H2;1-4,6-9,21H,5,10-16H2,(H,25,27);1-4H,9H2;. The fraction of sp³-hybridized carbons (Fsp3) is 0.323. The highest BCUT2D eigenvalue weighted by Crippen LogP contribution is 2.47. The second kappa shape index (κ2) is 25.9. The molecule has 2 unspecified atom stereocenters. The van der Waals surface area contributed by atoms with Gasteiger partial charge in [0, 0.05) is 92.2 Å².